The van der Waals surface area contributed by atoms with Crippen molar-refractivity contribution in [3.63, 3.8) is 0 Å². The van der Waals surface area contributed by atoms with E-state index in [0.29, 0.717) is 48.4 Å². The van der Waals surface area contributed by atoms with Crippen LogP contribution < -0.4 is 18.9 Å². The van der Waals surface area contributed by atoms with E-state index < -0.39 is 10.9 Å². The summed E-state index contributed by atoms with van der Waals surface area (Å²) in [5.41, 5.74) is 3.33. The van der Waals surface area contributed by atoms with E-state index in [-0.39, 0.29) is 42.2 Å². The number of ether oxygens (including phenoxy) is 6. The fourth-order valence-electron chi connectivity index (χ4n) is 14.1. The molecule has 1 aliphatic heterocycles. The first kappa shape index (κ1) is 43.8. The van der Waals surface area contributed by atoms with Crippen LogP contribution in [0.5, 0.6) is 23.0 Å². The third kappa shape index (κ3) is 8.32. The predicted octanol–water partition coefficient (Wildman–Crippen LogP) is 12.7. The summed E-state index contributed by atoms with van der Waals surface area (Å²) < 4.78 is 51.1. The maximum absolute atomic E-state index is 14.1. The molecule has 0 radical (unpaired) electrons. The fraction of sp³-hybridized carbons (Fsp3) is 0.448. The van der Waals surface area contributed by atoms with Crippen molar-refractivity contribution in [3.05, 3.63) is 126 Å². The van der Waals surface area contributed by atoms with Crippen molar-refractivity contribution in [2.75, 3.05) is 13.2 Å². The summed E-state index contributed by atoms with van der Waals surface area (Å²) in [6, 6.07) is 34.6. The highest BCUT2D eigenvalue weighted by Gasteiger charge is 2.58. The Morgan fingerprint density at radius 1 is 0.485 bits per heavy atom. The Bertz CT molecular complexity index is 2480. The highest BCUT2D eigenvalue weighted by Crippen LogP contribution is 2.64. The maximum Gasteiger partial charge on any atom is 0.344 e. The van der Waals surface area contributed by atoms with E-state index >= 15 is 0 Å². The fourth-order valence-corrected chi connectivity index (χ4v) is 16.7. The summed E-state index contributed by atoms with van der Waals surface area (Å²) in [7, 11) is -0.933. The molecule has 8 fully saturated rings. The van der Waals surface area contributed by atoms with Gasteiger partial charge in [0.2, 0.25) is 0 Å². The third-order valence-corrected chi connectivity index (χ3v) is 19.9. The van der Waals surface area contributed by atoms with E-state index in [1.165, 1.54) is 86.1 Å². The maximum atomic E-state index is 14.1. The Morgan fingerprint density at radius 2 is 0.853 bits per heavy atom. The molecule has 8 bridgehead atoms. The second-order valence-electron chi connectivity index (χ2n) is 21.5. The van der Waals surface area contributed by atoms with Gasteiger partial charge in [0.25, 0.3) is 0 Å². The Balaban J connectivity index is 0.668. The summed E-state index contributed by atoms with van der Waals surface area (Å²) in [5.74, 6) is 6.99. The zero-order valence-electron chi connectivity index (χ0n) is 39.0. The molecule has 0 spiro atoms. The molecule has 9 aliphatic rings. The minimum atomic E-state index is -0.933. The summed E-state index contributed by atoms with van der Waals surface area (Å²) in [4.78, 5) is 29.5. The topological polar surface area (TPSA) is 89.5 Å². The number of esters is 2. The van der Waals surface area contributed by atoms with Crippen molar-refractivity contribution in [1.82, 2.24) is 0 Å². The van der Waals surface area contributed by atoms with Crippen LogP contribution in [0.25, 0.3) is 11.1 Å². The molecule has 0 aromatic heterocycles. The monoisotopic (exact) mass is 936 g/mol. The van der Waals surface area contributed by atoms with Gasteiger partial charge in [-0.2, -0.15) is 10.9 Å². The lowest BCUT2D eigenvalue weighted by Crippen LogP contribution is -2.58. The standard InChI is InChI=1S/C58H61FO8S/c1-57(41-21-37-19-38(23-41)24-42(57)22-37)66-55(60)33-64-46-9-3-35(4-10-46)31-62-48-13-17-53-51(29-48)52-30-49(14-18-54(52)68(53)50-15-7-45(59)8-16-50)63-32-36-5-11-47(12-6-36)65-34-56(61)67-58(2)43-25-39-20-40(27-43)28-44(58)26-39/h3-18,29-30,37-44,68H,19-28,31-34H2,1-2H3. The van der Waals surface area contributed by atoms with Crippen molar-refractivity contribution >= 4 is 22.8 Å². The van der Waals surface area contributed by atoms with E-state index in [0.717, 1.165) is 62.3 Å². The Kier molecular flexibility index (Phi) is 11.3. The van der Waals surface area contributed by atoms with Gasteiger partial charge in [0.05, 0.1) is 0 Å². The molecule has 354 valence electrons. The smallest absolute Gasteiger partial charge is 0.344 e. The number of hydrogen-bond donors (Lipinski definition) is 1. The summed E-state index contributed by atoms with van der Waals surface area (Å²) in [6.07, 6.45) is 12.2. The molecule has 68 heavy (non-hydrogen) atoms. The van der Waals surface area contributed by atoms with Gasteiger partial charge in [0.1, 0.15) is 53.2 Å². The molecular weight excluding hydrogens is 876 g/mol. The summed E-state index contributed by atoms with van der Waals surface area (Å²) in [6.45, 7) is 4.81. The second kappa shape index (κ2) is 17.5. The number of thiol groups is 1. The van der Waals surface area contributed by atoms with Crippen LogP contribution in [-0.2, 0) is 32.3 Å². The third-order valence-electron chi connectivity index (χ3n) is 17.4. The van der Waals surface area contributed by atoms with Crippen LogP contribution in [-0.4, -0.2) is 36.4 Å². The number of halogens is 1. The number of benzene rings is 5. The van der Waals surface area contributed by atoms with Gasteiger partial charge in [-0.3, -0.25) is 0 Å². The minimum Gasteiger partial charge on any atom is -0.489 e. The van der Waals surface area contributed by atoms with Crippen LogP contribution in [0, 0.1) is 53.2 Å². The lowest BCUT2D eigenvalue weighted by molar-refractivity contribution is -0.205. The normalized spacial score (nSPS) is 31.4. The van der Waals surface area contributed by atoms with Gasteiger partial charge in [-0.25, -0.2) is 14.0 Å². The summed E-state index contributed by atoms with van der Waals surface area (Å²) >= 11 is 0. The SMILES string of the molecule is CC1(OC(=O)COc2ccc(COc3ccc4c(c3)-c3cc(OCc5ccc(OCC(=O)OC6(C)C7CC8CC(C7)CC6C8)cc5)ccc3[SH]4c3ccc(F)cc3)cc2)C2CC3CC(C2)CC1C3. The van der Waals surface area contributed by atoms with Gasteiger partial charge < -0.3 is 28.4 Å². The molecule has 14 rings (SSSR count). The quantitative estimate of drug-likeness (QED) is 0.0804. The van der Waals surface area contributed by atoms with Crippen LogP contribution in [0.1, 0.15) is 89.2 Å². The molecule has 0 unspecified atom stereocenters. The molecule has 0 amide bonds. The van der Waals surface area contributed by atoms with Gasteiger partial charge in [-0.1, -0.05) is 24.3 Å². The number of carbonyl (C=O) groups is 2. The van der Waals surface area contributed by atoms with E-state index in [1.807, 2.05) is 72.8 Å². The van der Waals surface area contributed by atoms with Gasteiger partial charge in [0.15, 0.2) is 13.2 Å². The van der Waals surface area contributed by atoms with Crippen LogP contribution in [0.2, 0.25) is 0 Å². The molecule has 0 saturated heterocycles. The minimum absolute atomic E-state index is 0.106. The second-order valence-corrected chi connectivity index (χ2v) is 23.7. The highest BCUT2D eigenvalue weighted by molar-refractivity contribution is 8.17. The van der Waals surface area contributed by atoms with Gasteiger partial charge in [0, 0.05) is 9.79 Å². The lowest BCUT2D eigenvalue weighted by atomic mass is 9.50. The molecule has 8 saturated carbocycles. The van der Waals surface area contributed by atoms with Crippen LogP contribution in [0.4, 0.5) is 4.39 Å². The van der Waals surface area contributed by atoms with E-state index in [4.69, 9.17) is 28.4 Å². The molecule has 8 aliphatic carbocycles. The zero-order chi connectivity index (χ0) is 46.1. The first-order valence-corrected chi connectivity index (χ1v) is 26.3. The molecule has 8 nitrogen and oxygen atoms in total. The van der Waals surface area contributed by atoms with Crippen LogP contribution in [0.3, 0.4) is 0 Å². The van der Waals surface area contributed by atoms with Crippen molar-refractivity contribution < 1.29 is 42.4 Å². The van der Waals surface area contributed by atoms with E-state index in [2.05, 4.69) is 38.1 Å². The number of carbonyl (C=O) groups excluding carboxylic acids is 2. The van der Waals surface area contributed by atoms with Crippen molar-refractivity contribution in [2.45, 2.75) is 117 Å². The van der Waals surface area contributed by atoms with E-state index in [1.54, 1.807) is 0 Å². The lowest BCUT2D eigenvalue weighted by Gasteiger charge is -2.59. The largest absolute Gasteiger partial charge is 0.489 e. The van der Waals surface area contributed by atoms with Crippen molar-refractivity contribution in [1.29, 1.82) is 0 Å². The molecule has 1 heterocycles. The zero-order valence-corrected chi connectivity index (χ0v) is 39.9. The predicted molar refractivity (Wildman–Crippen MR) is 258 cm³/mol. The van der Waals surface area contributed by atoms with Gasteiger partial charge >= 0.3 is 11.9 Å². The molecule has 0 atom stereocenters. The van der Waals surface area contributed by atoms with Crippen molar-refractivity contribution in [2.24, 2.45) is 47.3 Å². The van der Waals surface area contributed by atoms with Gasteiger partial charge in [-0.15, -0.1) is 0 Å². The average Bonchev–Trinajstić information content (AvgIpc) is 3.65. The number of hydrogen-bond acceptors (Lipinski definition) is 8. The molecular formula is C58H61FO8S. The molecule has 5 aromatic carbocycles. The van der Waals surface area contributed by atoms with Crippen LogP contribution >= 0.6 is 10.9 Å². The Labute approximate surface area is 401 Å². The molecule has 0 N–H and O–H groups in total. The summed E-state index contributed by atoms with van der Waals surface area (Å²) in [5, 5.41) is 0. The number of rotatable bonds is 15. The Hall–Kier alpha value is -5.48. The Morgan fingerprint density at radius 3 is 1.24 bits per heavy atom. The highest BCUT2D eigenvalue weighted by atomic mass is 32.2. The first-order chi connectivity index (χ1) is 33.0. The first-order valence-electron chi connectivity index (χ1n) is 25.0. The molecule has 5 aromatic rings. The van der Waals surface area contributed by atoms with Crippen molar-refractivity contribution in [3.8, 4) is 34.1 Å². The van der Waals surface area contributed by atoms with E-state index in [9.17, 15) is 14.0 Å². The van der Waals surface area contributed by atoms with Gasteiger partial charge in [-0.05, 0) is 237 Å². The number of fused-ring (bicyclic) bond motifs is 3. The van der Waals surface area contributed by atoms with Crippen LogP contribution in [0.15, 0.2) is 124 Å². The molecule has 10 heteroatoms. The average molecular weight is 937 g/mol.